The molecule has 0 saturated carbocycles. The number of rotatable bonds is 4. The molecule has 2 unspecified atom stereocenters. The van der Waals surface area contributed by atoms with Crippen LogP contribution in [0.2, 0.25) is 0 Å². The van der Waals surface area contributed by atoms with Crippen molar-refractivity contribution in [2.75, 3.05) is 5.75 Å². The second kappa shape index (κ2) is 5.89. The number of nitrogens with zero attached hydrogens (tertiary/aromatic N) is 2. The molecular weight excluding hydrogens is 272 g/mol. The zero-order chi connectivity index (χ0) is 13.9. The number of aliphatic hydroxyl groups excluding tert-OH is 1. The minimum absolute atomic E-state index is 0.133. The van der Waals surface area contributed by atoms with E-state index in [1.165, 1.54) is 0 Å². The summed E-state index contributed by atoms with van der Waals surface area (Å²) in [6, 6.07) is 7.98. The summed E-state index contributed by atoms with van der Waals surface area (Å²) in [5.41, 5.74) is 1.15. The Hall–Kier alpha value is -1.46. The SMILES string of the molecule is Cn1cc(CCC(O)C2CSc3ccccc3O2)cn1. The predicted molar refractivity (Wildman–Crippen MR) is 79.1 cm³/mol. The van der Waals surface area contributed by atoms with E-state index in [1.54, 1.807) is 16.4 Å². The van der Waals surface area contributed by atoms with E-state index >= 15 is 0 Å². The molecule has 2 heterocycles. The van der Waals surface area contributed by atoms with Crippen molar-refractivity contribution in [3.05, 3.63) is 42.2 Å². The molecule has 20 heavy (non-hydrogen) atoms. The van der Waals surface area contributed by atoms with E-state index < -0.39 is 6.10 Å². The number of fused-ring (bicyclic) bond motifs is 1. The molecule has 106 valence electrons. The molecule has 1 N–H and O–H groups in total. The molecule has 0 fully saturated rings. The van der Waals surface area contributed by atoms with Gasteiger partial charge in [-0.15, -0.1) is 11.8 Å². The molecule has 0 radical (unpaired) electrons. The van der Waals surface area contributed by atoms with E-state index in [0.29, 0.717) is 6.42 Å². The van der Waals surface area contributed by atoms with Crippen LogP contribution in [-0.2, 0) is 13.5 Å². The van der Waals surface area contributed by atoms with Gasteiger partial charge in [0.25, 0.3) is 0 Å². The van der Waals surface area contributed by atoms with Gasteiger partial charge in [0.15, 0.2) is 0 Å². The number of ether oxygens (including phenoxy) is 1. The van der Waals surface area contributed by atoms with Crippen LogP contribution in [0.4, 0.5) is 0 Å². The van der Waals surface area contributed by atoms with Crippen LogP contribution >= 0.6 is 11.8 Å². The summed E-state index contributed by atoms with van der Waals surface area (Å²) >= 11 is 1.75. The van der Waals surface area contributed by atoms with Crippen LogP contribution in [0.1, 0.15) is 12.0 Å². The second-order valence-electron chi connectivity index (χ2n) is 5.04. The van der Waals surface area contributed by atoms with E-state index in [4.69, 9.17) is 4.74 Å². The molecule has 0 aliphatic carbocycles. The van der Waals surface area contributed by atoms with E-state index in [1.807, 2.05) is 37.6 Å². The van der Waals surface area contributed by atoms with Gasteiger partial charge in [-0.2, -0.15) is 5.10 Å². The van der Waals surface area contributed by atoms with Crippen LogP contribution in [0, 0.1) is 0 Å². The highest BCUT2D eigenvalue weighted by atomic mass is 32.2. The number of aryl methyl sites for hydroxylation is 2. The van der Waals surface area contributed by atoms with Gasteiger partial charge in [-0.25, -0.2) is 0 Å². The van der Waals surface area contributed by atoms with Crippen molar-refractivity contribution in [1.29, 1.82) is 0 Å². The molecule has 1 aromatic heterocycles. The third-order valence-electron chi connectivity index (χ3n) is 3.45. The first-order valence-corrected chi connectivity index (χ1v) is 7.75. The maximum Gasteiger partial charge on any atom is 0.134 e. The van der Waals surface area contributed by atoms with Crippen LogP contribution in [0.5, 0.6) is 5.75 Å². The van der Waals surface area contributed by atoms with Gasteiger partial charge in [-0.1, -0.05) is 12.1 Å². The summed E-state index contributed by atoms with van der Waals surface area (Å²) in [5.74, 6) is 1.68. The molecule has 2 atom stereocenters. The van der Waals surface area contributed by atoms with E-state index in [2.05, 4.69) is 11.2 Å². The lowest BCUT2D eigenvalue weighted by Crippen LogP contribution is -2.36. The van der Waals surface area contributed by atoms with Crippen molar-refractivity contribution in [2.45, 2.75) is 29.9 Å². The highest BCUT2D eigenvalue weighted by molar-refractivity contribution is 7.99. The maximum absolute atomic E-state index is 10.3. The van der Waals surface area contributed by atoms with Gasteiger partial charge in [-0.3, -0.25) is 4.68 Å². The van der Waals surface area contributed by atoms with Gasteiger partial charge in [0, 0.05) is 23.9 Å². The quantitative estimate of drug-likeness (QED) is 0.938. The third kappa shape index (κ3) is 2.99. The minimum Gasteiger partial charge on any atom is -0.486 e. The molecule has 1 aromatic carbocycles. The molecule has 1 aliphatic heterocycles. The molecule has 0 saturated heterocycles. The van der Waals surface area contributed by atoms with E-state index in [0.717, 1.165) is 28.4 Å². The Morgan fingerprint density at radius 1 is 1.50 bits per heavy atom. The molecule has 0 spiro atoms. The fourth-order valence-corrected chi connectivity index (χ4v) is 3.39. The monoisotopic (exact) mass is 290 g/mol. The zero-order valence-electron chi connectivity index (χ0n) is 11.4. The molecular formula is C15H18N2O2S. The summed E-state index contributed by atoms with van der Waals surface area (Å²) in [7, 11) is 1.90. The van der Waals surface area contributed by atoms with Gasteiger partial charge in [0.05, 0.1) is 12.3 Å². The van der Waals surface area contributed by atoms with Crippen LogP contribution in [0.15, 0.2) is 41.6 Å². The molecule has 5 heteroatoms. The first-order chi connectivity index (χ1) is 9.72. The van der Waals surface area contributed by atoms with Gasteiger partial charge >= 0.3 is 0 Å². The van der Waals surface area contributed by atoms with Crippen molar-refractivity contribution < 1.29 is 9.84 Å². The van der Waals surface area contributed by atoms with Crippen molar-refractivity contribution >= 4 is 11.8 Å². The molecule has 1 aliphatic rings. The molecule has 0 amide bonds. The molecule has 3 rings (SSSR count). The summed E-state index contributed by atoms with van der Waals surface area (Å²) in [6.45, 7) is 0. The lowest BCUT2D eigenvalue weighted by Gasteiger charge is -2.29. The van der Waals surface area contributed by atoms with Crippen LogP contribution in [0.25, 0.3) is 0 Å². The molecule has 2 aromatic rings. The van der Waals surface area contributed by atoms with E-state index in [9.17, 15) is 5.11 Å². The second-order valence-corrected chi connectivity index (χ2v) is 6.10. The summed E-state index contributed by atoms with van der Waals surface area (Å²) in [6.07, 6.45) is 4.76. The average Bonchev–Trinajstić information content (AvgIpc) is 2.90. The Labute approximate surface area is 122 Å². The fourth-order valence-electron chi connectivity index (χ4n) is 2.33. The average molecular weight is 290 g/mol. The molecule has 4 nitrogen and oxygen atoms in total. The van der Waals surface area contributed by atoms with Crippen LogP contribution < -0.4 is 4.74 Å². The topological polar surface area (TPSA) is 47.3 Å². The predicted octanol–water partition coefficient (Wildman–Crippen LogP) is 2.27. The number of thioether (sulfide) groups is 1. The van der Waals surface area contributed by atoms with Crippen LogP contribution in [0.3, 0.4) is 0 Å². The number of aromatic nitrogens is 2. The normalized spacial score (nSPS) is 19.2. The van der Waals surface area contributed by atoms with Gasteiger partial charge in [0.2, 0.25) is 0 Å². The largest absolute Gasteiger partial charge is 0.486 e. The number of hydrogen-bond acceptors (Lipinski definition) is 4. The Bertz CT molecular complexity index is 585. The minimum atomic E-state index is -0.448. The third-order valence-corrected chi connectivity index (χ3v) is 4.59. The fraction of sp³-hybridized carbons (Fsp3) is 0.400. The molecule has 0 bridgehead atoms. The van der Waals surface area contributed by atoms with Crippen molar-refractivity contribution in [1.82, 2.24) is 9.78 Å². The Morgan fingerprint density at radius 2 is 2.35 bits per heavy atom. The Morgan fingerprint density at radius 3 is 3.15 bits per heavy atom. The summed E-state index contributed by atoms with van der Waals surface area (Å²) < 4.78 is 7.68. The maximum atomic E-state index is 10.3. The number of hydrogen-bond donors (Lipinski definition) is 1. The van der Waals surface area contributed by atoms with Gasteiger partial charge in [0.1, 0.15) is 11.9 Å². The number of para-hydroxylation sites is 1. The van der Waals surface area contributed by atoms with Crippen molar-refractivity contribution in [2.24, 2.45) is 7.05 Å². The lowest BCUT2D eigenvalue weighted by molar-refractivity contribution is 0.0411. The number of aliphatic hydroxyl groups is 1. The number of benzene rings is 1. The smallest absolute Gasteiger partial charge is 0.134 e. The Balaban J connectivity index is 1.57. The van der Waals surface area contributed by atoms with E-state index in [-0.39, 0.29) is 6.10 Å². The highest BCUT2D eigenvalue weighted by Gasteiger charge is 2.26. The van der Waals surface area contributed by atoms with Crippen LogP contribution in [-0.4, -0.2) is 32.8 Å². The zero-order valence-corrected chi connectivity index (χ0v) is 12.2. The standard InChI is InChI=1S/C15H18N2O2S/c1-17-9-11(8-16-17)6-7-12(18)14-10-20-15-5-3-2-4-13(15)19-14/h2-5,8-9,12,14,18H,6-7,10H2,1H3. The van der Waals surface area contributed by atoms with Crippen molar-refractivity contribution in [3.8, 4) is 5.75 Å². The van der Waals surface area contributed by atoms with Gasteiger partial charge in [-0.05, 0) is 30.5 Å². The van der Waals surface area contributed by atoms with Crippen molar-refractivity contribution in [3.63, 3.8) is 0 Å². The highest BCUT2D eigenvalue weighted by Crippen LogP contribution is 2.36. The first kappa shape index (κ1) is 13.5. The van der Waals surface area contributed by atoms with Gasteiger partial charge < -0.3 is 9.84 Å². The summed E-state index contributed by atoms with van der Waals surface area (Å²) in [5, 5.41) is 14.4. The lowest BCUT2D eigenvalue weighted by atomic mass is 10.1. The summed E-state index contributed by atoms with van der Waals surface area (Å²) in [4.78, 5) is 1.16. The first-order valence-electron chi connectivity index (χ1n) is 6.76. The Kier molecular flexibility index (Phi) is 3.98.